The molecule has 2 heterocycles. The average Bonchev–Trinajstić information content (AvgIpc) is 3.12. The molecule has 2 aromatic rings. The Bertz CT molecular complexity index is 1070. The topological polar surface area (TPSA) is 93.7 Å². The van der Waals surface area contributed by atoms with Crippen LogP contribution in [0.3, 0.4) is 0 Å². The molecule has 164 valence electrons. The van der Waals surface area contributed by atoms with E-state index in [2.05, 4.69) is 15.0 Å². The van der Waals surface area contributed by atoms with Crippen LogP contribution >= 0.6 is 11.8 Å². The van der Waals surface area contributed by atoms with Crippen LogP contribution in [-0.2, 0) is 10.3 Å². The third-order valence-corrected chi connectivity index (χ3v) is 6.73. The number of amides is 1. The Balaban J connectivity index is 1.75. The number of nitrogens with two attached hydrogens (primary N) is 1. The second-order valence-electron chi connectivity index (χ2n) is 7.56. The molecule has 31 heavy (non-hydrogen) atoms. The van der Waals surface area contributed by atoms with Gasteiger partial charge in [0.15, 0.2) is 10.9 Å². The first kappa shape index (κ1) is 21.6. The number of aryl methyl sites for hydroxylation is 1. The highest BCUT2D eigenvalue weighted by atomic mass is 32.2. The van der Waals surface area contributed by atoms with E-state index in [9.17, 15) is 13.6 Å². The van der Waals surface area contributed by atoms with E-state index < -0.39 is 23.2 Å². The molecule has 4 rings (SSSR count). The lowest BCUT2D eigenvalue weighted by molar-refractivity contribution is 0.0924. The molecular weight excluding hydrogens is 431 g/mol. The largest absolute Gasteiger partial charge is 0.381 e. The number of carbonyl (C=O) groups excluding carboxylic acids is 1. The van der Waals surface area contributed by atoms with Crippen LogP contribution in [0, 0.1) is 24.6 Å². The normalized spacial score (nSPS) is 25.1. The van der Waals surface area contributed by atoms with Crippen molar-refractivity contribution in [1.29, 1.82) is 0 Å². The molecule has 0 bridgehead atoms. The van der Waals surface area contributed by atoms with Gasteiger partial charge in [-0.25, -0.2) is 14.4 Å². The van der Waals surface area contributed by atoms with Crippen molar-refractivity contribution in [2.75, 3.05) is 18.0 Å². The smallest absolute Gasteiger partial charge is 0.306 e. The number of fused-ring (bicyclic) bond motifs is 1. The second kappa shape index (κ2) is 8.12. The molecule has 2 aliphatic rings. The van der Waals surface area contributed by atoms with Crippen molar-refractivity contribution < 1.29 is 22.8 Å². The van der Waals surface area contributed by atoms with Crippen LogP contribution in [0.4, 0.5) is 18.9 Å². The van der Waals surface area contributed by atoms with E-state index in [-0.39, 0.29) is 39.8 Å². The number of rotatable bonds is 4. The van der Waals surface area contributed by atoms with Crippen molar-refractivity contribution >= 4 is 28.5 Å². The minimum atomic E-state index is -1.14. The third kappa shape index (κ3) is 3.76. The van der Waals surface area contributed by atoms with Crippen LogP contribution in [-0.4, -0.2) is 40.0 Å². The summed E-state index contributed by atoms with van der Waals surface area (Å²) in [5.41, 5.74) is 4.50. The minimum absolute atomic E-state index is 0.0611. The Labute approximate surface area is 180 Å². The van der Waals surface area contributed by atoms with E-state index in [1.54, 1.807) is 7.11 Å². The van der Waals surface area contributed by atoms with Gasteiger partial charge in [0.2, 0.25) is 5.95 Å². The van der Waals surface area contributed by atoms with E-state index >= 15 is 4.48 Å². The average molecular weight is 451 g/mol. The highest BCUT2D eigenvalue weighted by Crippen LogP contribution is 2.52. The molecule has 1 amide bonds. The molecule has 7 nitrogen and oxygen atoms in total. The lowest BCUT2D eigenvalue weighted by atomic mass is 9.81. The van der Waals surface area contributed by atoms with Gasteiger partial charge >= 0.3 is 5.91 Å². The third-order valence-electron chi connectivity index (χ3n) is 5.78. The zero-order valence-corrected chi connectivity index (χ0v) is 17.6. The summed E-state index contributed by atoms with van der Waals surface area (Å²) in [5.74, 6) is -2.03. The van der Waals surface area contributed by atoms with E-state index in [0.29, 0.717) is 23.8 Å². The zero-order chi connectivity index (χ0) is 22.3. The number of hydrogen-bond acceptors (Lipinski definition) is 7. The number of halogens is 3. The van der Waals surface area contributed by atoms with Gasteiger partial charge in [-0.1, -0.05) is 16.2 Å². The van der Waals surface area contributed by atoms with Crippen LogP contribution in [0.5, 0.6) is 0 Å². The predicted molar refractivity (Wildman–Crippen MR) is 110 cm³/mol. The molecule has 0 radical (unpaired) electrons. The van der Waals surface area contributed by atoms with Gasteiger partial charge < -0.3 is 10.5 Å². The fraction of sp³-hybridized carbons (Fsp3) is 0.400. The first-order valence-electron chi connectivity index (χ1n) is 9.55. The molecule has 1 aliphatic heterocycles. The minimum Gasteiger partial charge on any atom is -0.381 e. The Morgan fingerprint density at radius 1 is 1.39 bits per heavy atom. The van der Waals surface area contributed by atoms with E-state index in [0.717, 1.165) is 18.3 Å². The van der Waals surface area contributed by atoms with Crippen LogP contribution in [0.1, 0.15) is 34.6 Å². The lowest BCUT2D eigenvalue weighted by Crippen LogP contribution is -2.37. The van der Waals surface area contributed by atoms with Gasteiger partial charge in [-0.15, -0.1) is 5.12 Å². The molecule has 0 saturated heterocycles. The molecule has 2 N–H and O–H groups in total. The standard InChI is InChI=1S/C20H20F3N5O2S/c1-10-17(25-8-16(22)26-10)18(29)28(23)12-3-4-15(21)14(6-12)20-7-13(30-2)5-11(20)9-31-19(24)27-20/h3-4,6,8,11,13H,5,7,9H2,1-2H3,(H2,24,27)/t11-,13-,20-/m0/s1. The molecule has 1 fully saturated rings. The number of carbonyl (C=O) groups is 1. The zero-order valence-electron chi connectivity index (χ0n) is 16.8. The number of benzene rings is 1. The first-order chi connectivity index (χ1) is 14.7. The molecule has 0 spiro atoms. The summed E-state index contributed by atoms with van der Waals surface area (Å²) in [6.45, 7) is 1.34. The number of nitrogens with zero attached hydrogens (tertiary/aromatic N) is 4. The van der Waals surface area contributed by atoms with Gasteiger partial charge in [0.1, 0.15) is 5.82 Å². The number of anilines is 1. The molecule has 3 atom stereocenters. The van der Waals surface area contributed by atoms with E-state index in [1.807, 2.05) is 0 Å². The molecule has 1 saturated carbocycles. The molecular formula is C20H20F3N5O2S. The summed E-state index contributed by atoms with van der Waals surface area (Å²) in [7, 11) is 1.58. The maximum absolute atomic E-state index is 15.0. The predicted octanol–water partition coefficient (Wildman–Crippen LogP) is 3.28. The summed E-state index contributed by atoms with van der Waals surface area (Å²) in [6, 6.07) is 3.49. The van der Waals surface area contributed by atoms with Crippen molar-refractivity contribution in [2.45, 2.75) is 31.4 Å². The summed E-state index contributed by atoms with van der Waals surface area (Å²) >= 11 is 1.39. The van der Waals surface area contributed by atoms with Gasteiger partial charge in [0, 0.05) is 30.8 Å². The van der Waals surface area contributed by atoms with Crippen LogP contribution in [0.2, 0.25) is 0 Å². The number of hydrogen-bond donors (Lipinski definition) is 1. The second-order valence-corrected chi connectivity index (χ2v) is 8.60. The fourth-order valence-electron chi connectivity index (χ4n) is 4.28. The highest BCUT2D eigenvalue weighted by molar-refractivity contribution is 8.13. The van der Waals surface area contributed by atoms with Gasteiger partial charge in [-0.3, -0.25) is 9.79 Å². The van der Waals surface area contributed by atoms with Crippen LogP contribution < -0.4 is 10.9 Å². The molecule has 1 aromatic carbocycles. The number of aliphatic imine (C=N–C) groups is 1. The van der Waals surface area contributed by atoms with Crippen LogP contribution in [0.15, 0.2) is 29.4 Å². The number of thioether (sulfide) groups is 1. The van der Waals surface area contributed by atoms with Crippen LogP contribution in [0.25, 0.3) is 0 Å². The van der Waals surface area contributed by atoms with E-state index in [1.165, 1.54) is 24.8 Å². The maximum Gasteiger partial charge on any atom is 0.306 e. The number of aromatic nitrogens is 2. The lowest BCUT2D eigenvalue weighted by Gasteiger charge is -2.36. The van der Waals surface area contributed by atoms with Crippen molar-refractivity contribution in [3.8, 4) is 0 Å². The van der Waals surface area contributed by atoms with Crippen molar-refractivity contribution in [1.82, 2.24) is 9.97 Å². The van der Waals surface area contributed by atoms with Gasteiger partial charge in [-0.2, -0.15) is 4.39 Å². The molecule has 1 aromatic heterocycles. The quantitative estimate of drug-likeness (QED) is 0.717. The Morgan fingerprint density at radius 2 is 2.16 bits per heavy atom. The molecule has 1 aliphatic carbocycles. The monoisotopic (exact) mass is 451 g/mol. The van der Waals surface area contributed by atoms with E-state index in [4.69, 9.17) is 10.5 Å². The highest BCUT2D eigenvalue weighted by Gasteiger charge is 2.52. The first-order valence-corrected chi connectivity index (χ1v) is 10.5. The number of ether oxygens (including phenoxy) is 1. The Morgan fingerprint density at radius 3 is 2.87 bits per heavy atom. The summed E-state index contributed by atoms with van der Waals surface area (Å²) in [5, 5.41) is 0.167. The number of methoxy groups -OCH3 is 1. The summed E-state index contributed by atoms with van der Waals surface area (Å²) < 4.78 is 48.7. The van der Waals surface area contributed by atoms with Gasteiger partial charge in [0.05, 0.1) is 29.2 Å². The maximum atomic E-state index is 15.0. The van der Waals surface area contributed by atoms with Gasteiger partial charge in [0.25, 0.3) is 0 Å². The Hall–Kier alpha value is -2.66. The summed E-state index contributed by atoms with van der Waals surface area (Å²) in [6.07, 6.45) is 1.63. The van der Waals surface area contributed by atoms with Crippen molar-refractivity contribution in [3.05, 3.63) is 53.1 Å². The van der Waals surface area contributed by atoms with Crippen molar-refractivity contribution in [2.24, 2.45) is 16.6 Å². The molecule has 0 unspecified atom stereocenters. The van der Waals surface area contributed by atoms with Crippen molar-refractivity contribution in [3.63, 3.8) is 0 Å². The van der Waals surface area contributed by atoms with Gasteiger partial charge in [-0.05, 0) is 31.5 Å². The molecule has 11 heteroatoms. The SMILES string of the molecule is CO[C@H]1C[C@H]2CSC(N)=N[C@@]2(c2cc(N(F)C(=O)c3ncc(F)nc3C)ccc2F)C1. The Kier molecular flexibility index (Phi) is 5.65. The number of amidine groups is 1. The fourth-order valence-corrected chi connectivity index (χ4v) is 5.29. The summed E-state index contributed by atoms with van der Waals surface area (Å²) in [4.78, 5) is 24.3.